The molecule has 0 bridgehead atoms. The Labute approximate surface area is 69.7 Å². The summed E-state index contributed by atoms with van der Waals surface area (Å²) in [6, 6.07) is 0.589. The molecule has 4 N–H and O–H groups in total. The minimum absolute atomic E-state index is 0.589. The summed E-state index contributed by atoms with van der Waals surface area (Å²) in [6.45, 7) is 4.83. The second-order valence-corrected chi connectivity index (χ2v) is 3.05. The van der Waals surface area contributed by atoms with Crippen LogP contribution in [0.3, 0.4) is 0 Å². The van der Waals surface area contributed by atoms with Crippen molar-refractivity contribution in [1.29, 1.82) is 0 Å². The van der Waals surface area contributed by atoms with Gasteiger partial charge in [-0.2, -0.15) is 0 Å². The zero-order chi connectivity index (χ0) is 8.69. The molecule has 0 fully saturated rings. The lowest BCUT2D eigenvalue weighted by atomic mass is 10.2. The van der Waals surface area contributed by atoms with Gasteiger partial charge in [-0.05, 0) is 46.4 Å². The van der Waals surface area contributed by atoms with E-state index in [0.29, 0.717) is 6.04 Å². The maximum Gasteiger partial charge on any atom is 0.00758 e. The van der Waals surface area contributed by atoms with Crippen LogP contribution >= 0.6 is 0 Å². The molecule has 0 amide bonds. The third kappa shape index (κ3) is 5.18. The lowest BCUT2D eigenvalue weighted by Crippen LogP contribution is -2.32. The van der Waals surface area contributed by atoms with Crippen LogP contribution in [0.25, 0.3) is 0 Å². The Morgan fingerprint density at radius 3 is 2.36 bits per heavy atom. The first-order valence-corrected chi connectivity index (χ1v) is 4.32. The molecule has 0 aromatic carbocycles. The van der Waals surface area contributed by atoms with Gasteiger partial charge in [-0.25, -0.2) is 0 Å². The lowest BCUT2D eigenvalue weighted by molar-refractivity contribution is 0.247. The molecule has 1 unspecified atom stereocenters. The molecule has 3 heteroatoms. The summed E-state index contributed by atoms with van der Waals surface area (Å²) in [5.74, 6) is 0. The summed E-state index contributed by atoms with van der Waals surface area (Å²) in [6.07, 6.45) is 2.15. The van der Waals surface area contributed by atoms with E-state index in [-0.39, 0.29) is 0 Å². The van der Waals surface area contributed by atoms with Crippen molar-refractivity contribution in [2.24, 2.45) is 11.5 Å². The predicted octanol–water partition coefficient (Wildman–Crippen LogP) is 0.00430. The van der Waals surface area contributed by atoms with Crippen LogP contribution < -0.4 is 11.5 Å². The second-order valence-electron chi connectivity index (χ2n) is 3.05. The molecule has 68 valence electrons. The molecule has 0 aromatic heterocycles. The Morgan fingerprint density at radius 1 is 1.27 bits per heavy atom. The van der Waals surface area contributed by atoms with Crippen molar-refractivity contribution in [3.63, 3.8) is 0 Å². The van der Waals surface area contributed by atoms with Crippen LogP contribution in [0.5, 0.6) is 0 Å². The standard InChI is InChI=1S/C8H21N3/c1-8(4-6-10)11(2)7-3-5-9/h8H,3-7,9-10H2,1-2H3. The fourth-order valence-electron chi connectivity index (χ4n) is 1.02. The Morgan fingerprint density at radius 2 is 1.91 bits per heavy atom. The number of nitrogens with zero attached hydrogens (tertiary/aromatic N) is 1. The van der Waals surface area contributed by atoms with E-state index in [2.05, 4.69) is 18.9 Å². The van der Waals surface area contributed by atoms with Crippen LogP contribution in [0.15, 0.2) is 0 Å². The van der Waals surface area contributed by atoms with Crippen molar-refractivity contribution in [2.75, 3.05) is 26.7 Å². The van der Waals surface area contributed by atoms with Gasteiger partial charge in [0.1, 0.15) is 0 Å². The van der Waals surface area contributed by atoms with Crippen LogP contribution in [0.4, 0.5) is 0 Å². The molecule has 0 radical (unpaired) electrons. The predicted molar refractivity (Wildman–Crippen MR) is 49.4 cm³/mol. The third-order valence-corrected chi connectivity index (χ3v) is 2.05. The minimum atomic E-state index is 0.589. The molecule has 0 saturated heterocycles. The summed E-state index contributed by atoms with van der Waals surface area (Å²) in [5, 5.41) is 0. The van der Waals surface area contributed by atoms with Crippen LogP contribution in [0.1, 0.15) is 19.8 Å². The first-order valence-electron chi connectivity index (χ1n) is 4.32. The summed E-state index contributed by atoms with van der Waals surface area (Å²) >= 11 is 0. The van der Waals surface area contributed by atoms with E-state index in [9.17, 15) is 0 Å². The second kappa shape index (κ2) is 6.58. The van der Waals surface area contributed by atoms with Gasteiger partial charge in [-0.1, -0.05) is 0 Å². The molecule has 0 aliphatic rings. The maximum atomic E-state index is 5.44. The normalized spacial score (nSPS) is 13.9. The van der Waals surface area contributed by atoms with E-state index in [1.54, 1.807) is 0 Å². The van der Waals surface area contributed by atoms with Gasteiger partial charge in [0, 0.05) is 6.04 Å². The van der Waals surface area contributed by atoms with Gasteiger partial charge < -0.3 is 16.4 Å². The van der Waals surface area contributed by atoms with Gasteiger partial charge in [0.15, 0.2) is 0 Å². The number of rotatable bonds is 6. The number of nitrogens with two attached hydrogens (primary N) is 2. The van der Waals surface area contributed by atoms with E-state index in [0.717, 1.165) is 32.5 Å². The topological polar surface area (TPSA) is 55.3 Å². The van der Waals surface area contributed by atoms with Crippen molar-refractivity contribution in [2.45, 2.75) is 25.8 Å². The Bertz CT molecular complexity index is 85.4. The Balaban J connectivity index is 3.38. The monoisotopic (exact) mass is 159 g/mol. The number of hydrogen-bond donors (Lipinski definition) is 2. The first-order chi connectivity index (χ1) is 5.22. The highest BCUT2D eigenvalue weighted by molar-refractivity contribution is 4.63. The molecule has 0 heterocycles. The largest absolute Gasteiger partial charge is 0.330 e. The maximum absolute atomic E-state index is 5.44. The van der Waals surface area contributed by atoms with Crippen LogP contribution in [0.2, 0.25) is 0 Å². The van der Waals surface area contributed by atoms with E-state index in [4.69, 9.17) is 11.5 Å². The fraction of sp³-hybridized carbons (Fsp3) is 1.00. The molecule has 1 atom stereocenters. The van der Waals surface area contributed by atoms with Crippen molar-refractivity contribution < 1.29 is 0 Å². The highest BCUT2D eigenvalue weighted by Gasteiger charge is 2.05. The van der Waals surface area contributed by atoms with Gasteiger partial charge in [0.05, 0.1) is 0 Å². The van der Waals surface area contributed by atoms with Crippen molar-refractivity contribution in [1.82, 2.24) is 4.90 Å². The van der Waals surface area contributed by atoms with E-state index >= 15 is 0 Å². The lowest BCUT2D eigenvalue weighted by Gasteiger charge is -2.23. The average molecular weight is 159 g/mol. The van der Waals surface area contributed by atoms with Crippen molar-refractivity contribution >= 4 is 0 Å². The molecule has 0 aliphatic heterocycles. The van der Waals surface area contributed by atoms with Gasteiger partial charge >= 0.3 is 0 Å². The molecule has 3 nitrogen and oxygen atoms in total. The van der Waals surface area contributed by atoms with Crippen molar-refractivity contribution in [3.8, 4) is 0 Å². The van der Waals surface area contributed by atoms with Gasteiger partial charge in [0.25, 0.3) is 0 Å². The number of hydrogen-bond acceptors (Lipinski definition) is 3. The highest BCUT2D eigenvalue weighted by atomic mass is 15.1. The van der Waals surface area contributed by atoms with Gasteiger partial charge in [-0.3, -0.25) is 0 Å². The van der Waals surface area contributed by atoms with Crippen molar-refractivity contribution in [3.05, 3.63) is 0 Å². The quantitative estimate of drug-likeness (QED) is 0.574. The third-order valence-electron chi connectivity index (χ3n) is 2.05. The SMILES string of the molecule is CC(CCN)N(C)CCCN. The molecular weight excluding hydrogens is 138 g/mol. The first kappa shape index (κ1) is 10.9. The highest BCUT2D eigenvalue weighted by Crippen LogP contribution is 1.99. The molecule has 0 rings (SSSR count). The average Bonchev–Trinajstić information content (AvgIpc) is 2.00. The molecule has 0 spiro atoms. The van der Waals surface area contributed by atoms with E-state index in [1.807, 2.05) is 0 Å². The Kier molecular flexibility index (Phi) is 6.51. The summed E-state index contributed by atoms with van der Waals surface area (Å²) in [5.41, 5.74) is 10.8. The molecule has 0 aliphatic carbocycles. The zero-order valence-corrected chi connectivity index (χ0v) is 7.71. The molecule has 11 heavy (non-hydrogen) atoms. The summed E-state index contributed by atoms with van der Waals surface area (Å²) < 4.78 is 0. The fourth-order valence-corrected chi connectivity index (χ4v) is 1.02. The van der Waals surface area contributed by atoms with Crippen LogP contribution in [0, 0.1) is 0 Å². The zero-order valence-electron chi connectivity index (χ0n) is 7.71. The van der Waals surface area contributed by atoms with Gasteiger partial charge in [-0.15, -0.1) is 0 Å². The summed E-state index contributed by atoms with van der Waals surface area (Å²) in [7, 11) is 2.12. The smallest absolute Gasteiger partial charge is 0.00758 e. The summed E-state index contributed by atoms with van der Waals surface area (Å²) in [4.78, 5) is 2.31. The van der Waals surface area contributed by atoms with E-state index < -0.39 is 0 Å². The van der Waals surface area contributed by atoms with Gasteiger partial charge in [0.2, 0.25) is 0 Å². The van der Waals surface area contributed by atoms with E-state index in [1.165, 1.54) is 0 Å². The molecular formula is C8H21N3. The minimum Gasteiger partial charge on any atom is -0.330 e. The Hall–Kier alpha value is -0.120. The van der Waals surface area contributed by atoms with Crippen LogP contribution in [-0.4, -0.2) is 37.6 Å². The van der Waals surface area contributed by atoms with Crippen LogP contribution in [-0.2, 0) is 0 Å². The molecule has 0 aromatic rings. The molecule has 0 saturated carbocycles.